The first-order chi connectivity index (χ1) is 13.9. The van der Waals surface area contributed by atoms with Gasteiger partial charge in [-0.25, -0.2) is 17.6 Å². The lowest BCUT2D eigenvalue weighted by molar-refractivity contribution is -0.141. The standard InChI is InChI=1S/C22H18FNO4S/c1-28-22(25)21-14-17-4-2-3-5-20(17)24(21)29(26,27)19-12-8-16(9-13-19)15-6-10-18(23)11-7-15/h2-13,21H,14H2,1H3/t21-/m0/s1. The van der Waals surface area contributed by atoms with Crippen molar-refractivity contribution in [2.75, 3.05) is 11.4 Å². The first kappa shape index (κ1) is 19.1. The molecule has 0 amide bonds. The molecule has 0 bridgehead atoms. The van der Waals surface area contributed by atoms with Crippen molar-refractivity contribution in [3.63, 3.8) is 0 Å². The first-order valence-corrected chi connectivity index (χ1v) is 10.4. The summed E-state index contributed by atoms with van der Waals surface area (Å²) < 4.78 is 45.9. The number of ether oxygens (including phenoxy) is 1. The molecule has 0 aromatic heterocycles. The number of carbonyl (C=O) groups excluding carboxylic acids is 1. The molecule has 1 aliphatic rings. The summed E-state index contributed by atoms with van der Waals surface area (Å²) in [5.74, 6) is -0.942. The number of nitrogens with zero attached hydrogens (tertiary/aromatic N) is 1. The van der Waals surface area contributed by atoms with Gasteiger partial charge in [-0.2, -0.15) is 0 Å². The van der Waals surface area contributed by atoms with Gasteiger partial charge in [0.05, 0.1) is 17.7 Å². The number of carbonyl (C=O) groups is 1. The van der Waals surface area contributed by atoms with E-state index in [2.05, 4.69) is 0 Å². The number of benzene rings is 3. The Balaban J connectivity index is 1.73. The van der Waals surface area contributed by atoms with Crippen LogP contribution in [0.25, 0.3) is 11.1 Å². The Morgan fingerprint density at radius 3 is 2.17 bits per heavy atom. The highest BCUT2D eigenvalue weighted by molar-refractivity contribution is 7.93. The molecule has 0 aliphatic carbocycles. The molecule has 29 heavy (non-hydrogen) atoms. The van der Waals surface area contributed by atoms with E-state index in [1.807, 2.05) is 0 Å². The third-order valence-electron chi connectivity index (χ3n) is 4.99. The van der Waals surface area contributed by atoms with Crippen LogP contribution in [0.2, 0.25) is 0 Å². The van der Waals surface area contributed by atoms with Crippen LogP contribution in [-0.4, -0.2) is 27.5 Å². The van der Waals surface area contributed by atoms with Crippen LogP contribution < -0.4 is 4.31 Å². The minimum atomic E-state index is -3.99. The molecule has 148 valence electrons. The van der Waals surface area contributed by atoms with Crippen molar-refractivity contribution in [2.24, 2.45) is 0 Å². The quantitative estimate of drug-likeness (QED) is 0.613. The summed E-state index contributed by atoms with van der Waals surface area (Å²) in [5, 5.41) is 0. The lowest BCUT2D eigenvalue weighted by atomic mass is 10.1. The van der Waals surface area contributed by atoms with Crippen LogP contribution in [0, 0.1) is 5.82 Å². The highest BCUT2D eigenvalue weighted by Gasteiger charge is 2.42. The van der Waals surface area contributed by atoms with Gasteiger partial charge in [-0.3, -0.25) is 4.31 Å². The van der Waals surface area contributed by atoms with Gasteiger partial charge in [-0.15, -0.1) is 0 Å². The molecule has 3 aromatic carbocycles. The molecule has 1 atom stereocenters. The first-order valence-electron chi connectivity index (χ1n) is 8.98. The lowest BCUT2D eigenvalue weighted by Crippen LogP contribution is -2.43. The van der Waals surface area contributed by atoms with Crippen LogP contribution in [0.15, 0.2) is 77.7 Å². The van der Waals surface area contributed by atoms with Crippen molar-refractivity contribution in [1.29, 1.82) is 0 Å². The zero-order valence-electron chi connectivity index (χ0n) is 15.6. The van der Waals surface area contributed by atoms with Crippen LogP contribution in [0.3, 0.4) is 0 Å². The zero-order valence-corrected chi connectivity index (χ0v) is 16.4. The van der Waals surface area contributed by atoms with E-state index in [-0.39, 0.29) is 17.1 Å². The van der Waals surface area contributed by atoms with Crippen LogP contribution in [0.4, 0.5) is 10.1 Å². The number of methoxy groups -OCH3 is 1. The number of hydrogen-bond donors (Lipinski definition) is 0. The Kier molecular flexibility index (Phi) is 4.84. The summed E-state index contributed by atoms with van der Waals surface area (Å²) in [5.41, 5.74) is 2.78. The van der Waals surface area contributed by atoms with Gasteiger partial charge >= 0.3 is 5.97 Å². The molecule has 1 heterocycles. The molecule has 5 nitrogen and oxygen atoms in total. The number of rotatable bonds is 4. The molecule has 7 heteroatoms. The normalized spacial score (nSPS) is 15.8. The van der Waals surface area contributed by atoms with Gasteiger partial charge in [0.25, 0.3) is 10.0 Å². The van der Waals surface area contributed by atoms with E-state index in [4.69, 9.17) is 4.74 Å². The van der Waals surface area contributed by atoms with Crippen LogP contribution in [0.1, 0.15) is 5.56 Å². The predicted octanol–water partition coefficient (Wildman–Crippen LogP) is 3.79. The molecule has 4 rings (SSSR count). The van der Waals surface area contributed by atoms with Gasteiger partial charge in [-0.1, -0.05) is 42.5 Å². The van der Waals surface area contributed by atoms with E-state index >= 15 is 0 Å². The molecular weight excluding hydrogens is 393 g/mol. The van der Waals surface area contributed by atoms with Crippen LogP contribution in [0.5, 0.6) is 0 Å². The van der Waals surface area contributed by atoms with Crippen molar-refractivity contribution in [1.82, 2.24) is 0 Å². The topological polar surface area (TPSA) is 63.7 Å². The van der Waals surface area contributed by atoms with Crippen molar-refractivity contribution in [3.8, 4) is 11.1 Å². The third kappa shape index (κ3) is 3.38. The molecule has 0 spiro atoms. The fourth-order valence-electron chi connectivity index (χ4n) is 3.54. The van der Waals surface area contributed by atoms with Crippen LogP contribution in [-0.2, 0) is 26.0 Å². The maximum absolute atomic E-state index is 13.4. The Labute approximate surface area is 168 Å². The average Bonchev–Trinajstić information content (AvgIpc) is 3.14. The molecule has 3 aromatic rings. The Hall–Kier alpha value is -3.19. The van der Waals surface area contributed by atoms with E-state index in [0.29, 0.717) is 5.69 Å². The molecule has 0 N–H and O–H groups in total. The zero-order chi connectivity index (χ0) is 20.6. The monoisotopic (exact) mass is 411 g/mol. The van der Waals surface area contributed by atoms with Gasteiger partial charge in [0, 0.05) is 6.42 Å². The van der Waals surface area contributed by atoms with Crippen molar-refractivity contribution in [2.45, 2.75) is 17.4 Å². The SMILES string of the molecule is COC(=O)[C@@H]1Cc2ccccc2N1S(=O)(=O)c1ccc(-c2ccc(F)cc2)cc1. The highest BCUT2D eigenvalue weighted by Crippen LogP contribution is 2.37. The van der Waals surface area contributed by atoms with Gasteiger partial charge in [0.1, 0.15) is 11.9 Å². The average molecular weight is 411 g/mol. The summed E-state index contributed by atoms with van der Waals surface area (Å²) >= 11 is 0. The van der Waals surface area contributed by atoms with E-state index in [1.165, 1.54) is 31.4 Å². The lowest BCUT2D eigenvalue weighted by Gasteiger charge is -2.25. The highest BCUT2D eigenvalue weighted by atomic mass is 32.2. The number of sulfonamides is 1. The summed E-state index contributed by atoms with van der Waals surface area (Å²) in [6, 6.07) is 18.3. The molecule has 0 unspecified atom stereocenters. The molecule has 0 saturated carbocycles. The fraction of sp³-hybridized carbons (Fsp3) is 0.136. The number of para-hydroxylation sites is 1. The van der Waals surface area contributed by atoms with E-state index < -0.39 is 22.0 Å². The Bertz CT molecular complexity index is 1160. The van der Waals surface area contributed by atoms with E-state index in [9.17, 15) is 17.6 Å². The number of anilines is 1. The molecular formula is C22H18FNO4S. The predicted molar refractivity (Wildman–Crippen MR) is 107 cm³/mol. The molecule has 0 fully saturated rings. The summed E-state index contributed by atoms with van der Waals surface area (Å²) in [4.78, 5) is 12.3. The van der Waals surface area contributed by atoms with Gasteiger partial charge in [0.15, 0.2) is 0 Å². The largest absolute Gasteiger partial charge is 0.467 e. The van der Waals surface area contributed by atoms with Gasteiger partial charge in [-0.05, 0) is 47.0 Å². The van der Waals surface area contributed by atoms with E-state index in [1.54, 1.807) is 48.5 Å². The number of esters is 1. The number of halogens is 1. The van der Waals surface area contributed by atoms with E-state index in [0.717, 1.165) is 21.0 Å². The van der Waals surface area contributed by atoms with Gasteiger partial charge < -0.3 is 4.74 Å². The third-order valence-corrected chi connectivity index (χ3v) is 6.82. The summed E-state index contributed by atoms with van der Waals surface area (Å²) in [6.07, 6.45) is 0.260. The van der Waals surface area contributed by atoms with Crippen molar-refractivity contribution < 1.29 is 22.3 Å². The van der Waals surface area contributed by atoms with Gasteiger partial charge in [0.2, 0.25) is 0 Å². The second-order valence-electron chi connectivity index (χ2n) is 6.70. The smallest absolute Gasteiger partial charge is 0.330 e. The van der Waals surface area contributed by atoms with Crippen molar-refractivity contribution >= 4 is 21.7 Å². The minimum Gasteiger partial charge on any atom is -0.467 e. The summed E-state index contributed by atoms with van der Waals surface area (Å²) in [6.45, 7) is 0. The molecule has 0 radical (unpaired) electrons. The Morgan fingerprint density at radius 2 is 1.55 bits per heavy atom. The fourth-order valence-corrected chi connectivity index (χ4v) is 5.18. The number of hydrogen-bond acceptors (Lipinski definition) is 4. The molecule has 1 aliphatic heterocycles. The van der Waals surface area contributed by atoms with Crippen molar-refractivity contribution in [3.05, 3.63) is 84.2 Å². The summed E-state index contributed by atoms with van der Waals surface area (Å²) in [7, 11) is -2.75. The molecule has 0 saturated heterocycles. The van der Waals surface area contributed by atoms with Crippen LogP contribution >= 0.6 is 0 Å². The maximum atomic E-state index is 13.4. The Morgan fingerprint density at radius 1 is 0.966 bits per heavy atom. The second-order valence-corrected chi connectivity index (χ2v) is 8.52. The number of fused-ring (bicyclic) bond motifs is 1. The second kappa shape index (κ2) is 7.33. The maximum Gasteiger partial charge on any atom is 0.330 e. The minimum absolute atomic E-state index is 0.0639.